The number of rotatable bonds is 3. The van der Waals surface area contributed by atoms with Gasteiger partial charge in [0, 0.05) is 16.5 Å². The summed E-state index contributed by atoms with van der Waals surface area (Å²) in [6.45, 7) is 2.20. The number of aromatic nitrogens is 2. The molecule has 7 heteroatoms. The van der Waals surface area contributed by atoms with Gasteiger partial charge in [0.15, 0.2) is 0 Å². The van der Waals surface area contributed by atoms with Gasteiger partial charge in [0.25, 0.3) is 12.0 Å². The Bertz CT molecular complexity index is 1230. The third kappa shape index (κ3) is 2.04. The van der Waals surface area contributed by atoms with Gasteiger partial charge in [0.2, 0.25) is 5.60 Å². The second-order valence-electron chi connectivity index (χ2n) is 6.97. The fourth-order valence-electron chi connectivity index (χ4n) is 4.19. The van der Waals surface area contributed by atoms with Crippen molar-refractivity contribution in [2.24, 2.45) is 0 Å². The van der Waals surface area contributed by atoms with Crippen LogP contribution in [0.1, 0.15) is 30.0 Å². The summed E-state index contributed by atoms with van der Waals surface area (Å²) in [4.78, 5) is 41.6. The lowest BCUT2D eigenvalue weighted by Crippen LogP contribution is -2.46. The van der Waals surface area contributed by atoms with Crippen LogP contribution in [0.2, 0.25) is 0 Å². The molecule has 0 aliphatic carbocycles. The van der Waals surface area contributed by atoms with E-state index < -0.39 is 11.6 Å². The summed E-state index contributed by atoms with van der Waals surface area (Å²) in [6.07, 6.45) is 0.165. The van der Waals surface area contributed by atoms with Gasteiger partial charge in [-0.3, -0.25) is 9.59 Å². The highest BCUT2D eigenvalue weighted by molar-refractivity contribution is 5.87. The lowest BCUT2D eigenvalue weighted by molar-refractivity contribution is -0.182. The van der Waals surface area contributed by atoms with Gasteiger partial charge in [-0.15, -0.1) is 0 Å². The smallest absolute Gasteiger partial charge is 0.355 e. The molecule has 140 valence electrons. The minimum atomic E-state index is -1.61. The molecule has 4 heterocycles. The van der Waals surface area contributed by atoms with E-state index in [9.17, 15) is 14.4 Å². The Morgan fingerprint density at radius 3 is 2.89 bits per heavy atom. The molecule has 5 rings (SSSR count). The highest BCUT2D eigenvalue weighted by atomic mass is 16.6. The molecule has 7 nitrogen and oxygen atoms in total. The molecule has 2 aromatic heterocycles. The number of fused-ring (bicyclic) bond motifs is 5. The SMILES string of the molecule is CC[C@@]1(OC=O)C(=O)OCc2c1cc1n(c2=O)Cc2cc3ccccc3nc2-1. The number of esters is 1. The van der Waals surface area contributed by atoms with Gasteiger partial charge in [0.05, 0.1) is 29.0 Å². The van der Waals surface area contributed by atoms with Crippen LogP contribution in [0.5, 0.6) is 0 Å². The molecule has 28 heavy (non-hydrogen) atoms. The lowest BCUT2D eigenvalue weighted by atomic mass is 9.85. The summed E-state index contributed by atoms with van der Waals surface area (Å²) in [5.74, 6) is -0.663. The molecule has 0 saturated carbocycles. The number of pyridine rings is 2. The molecule has 0 amide bonds. The van der Waals surface area contributed by atoms with Gasteiger partial charge in [-0.25, -0.2) is 9.78 Å². The van der Waals surface area contributed by atoms with E-state index in [1.54, 1.807) is 17.6 Å². The maximum atomic E-state index is 13.2. The van der Waals surface area contributed by atoms with Crippen LogP contribution in [-0.2, 0) is 37.8 Å². The Labute approximate surface area is 159 Å². The first-order chi connectivity index (χ1) is 13.6. The van der Waals surface area contributed by atoms with Crippen molar-refractivity contribution in [3.05, 3.63) is 63.4 Å². The van der Waals surface area contributed by atoms with E-state index in [1.165, 1.54) is 0 Å². The minimum absolute atomic E-state index is 0.136. The summed E-state index contributed by atoms with van der Waals surface area (Å²) in [5, 5.41) is 0.998. The zero-order valence-corrected chi connectivity index (χ0v) is 15.1. The number of carbonyl (C=O) groups is 2. The third-order valence-corrected chi connectivity index (χ3v) is 5.63. The van der Waals surface area contributed by atoms with E-state index in [0.29, 0.717) is 29.1 Å². The van der Waals surface area contributed by atoms with Crippen LogP contribution in [0.15, 0.2) is 41.2 Å². The minimum Gasteiger partial charge on any atom is -0.457 e. The number of carbonyl (C=O) groups excluding carboxylic acids is 2. The molecule has 0 spiro atoms. The molecule has 0 saturated heterocycles. The van der Waals surface area contributed by atoms with Gasteiger partial charge in [-0.2, -0.15) is 0 Å². The summed E-state index contributed by atoms with van der Waals surface area (Å²) in [5.41, 5.74) is 1.94. The Kier molecular flexibility index (Phi) is 3.43. The molecule has 2 aliphatic heterocycles. The van der Waals surface area contributed by atoms with E-state index in [4.69, 9.17) is 14.5 Å². The topological polar surface area (TPSA) is 87.5 Å². The number of cyclic esters (lactones) is 1. The van der Waals surface area contributed by atoms with Crippen LogP contribution in [0.4, 0.5) is 0 Å². The molecular formula is C21H16N2O5. The van der Waals surface area contributed by atoms with Crippen LogP contribution >= 0.6 is 0 Å². The maximum Gasteiger partial charge on any atom is 0.355 e. The van der Waals surface area contributed by atoms with Crippen LogP contribution in [-0.4, -0.2) is 22.0 Å². The normalized spacial score (nSPS) is 19.5. The van der Waals surface area contributed by atoms with Crippen molar-refractivity contribution in [2.75, 3.05) is 0 Å². The van der Waals surface area contributed by atoms with Gasteiger partial charge in [0.1, 0.15) is 6.61 Å². The summed E-state index contributed by atoms with van der Waals surface area (Å²) < 4.78 is 12.0. The Morgan fingerprint density at radius 1 is 1.29 bits per heavy atom. The zero-order valence-electron chi connectivity index (χ0n) is 15.1. The van der Waals surface area contributed by atoms with E-state index in [0.717, 1.165) is 16.5 Å². The van der Waals surface area contributed by atoms with Crippen molar-refractivity contribution in [2.45, 2.75) is 32.1 Å². The predicted octanol–water partition coefficient (Wildman–Crippen LogP) is 2.26. The largest absolute Gasteiger partial charge is 0.457 e. The average Bonchev–Trinajstić information content (AvgIpc) is 3.06. The molecule has 1 atom stereocenters. The van der Waals surface area contributed by atoms with Crippen molar-refractivity contribution >= 4 is 23.3 Å². The quantitative estimate of drug-likeness (QED) is 0.403. The average molecular weight is 376 g/mol. The standard InChI is InChI=1S/C21H16N2O5/c1-2-21(28-11-24)15-8-17-18-13(7-12-5-3-4-6-16(12)22-18)9-23(17)19(25)14(15)10-27-20(21)26/h3-8,11H,2,9-10H2,1H3/t21-/m0/s1. The second-order valence-corrected chi connectivity index (χ2v) is 6.97. The number of ether oxygens (including phenoxy) is 2. The van der Waals surface area contributed by atoms with E-state index >= 15 is 0 Å². The fourth-order valence-corrected chi connectivity index (χ4v) is 4.19. The van der Waals surface area contributed by atoms with Crippen molar-refractivity contribution < 1.29 is 19.1 Å². The fraction of sp³-hybridized carbons (Fsp3) is 0.238. The van der Waals surface area contributed by atoms with Crippen molar-refractivity contribution in [1.82, 2.24) is 9.55 Å². The van der Waals surface area contributed by atoms with Gasteiger partial charge >= 0.3 is 5.97 Å². The molecule has 2 aliphatic rings. The second kappa shape index (κ2) is 5.76. The molecule has 1 aromatic carbocycles. The predicted molar refractivity (Wildman–Crippen MR) is 99.5 cm³/mol. The highest BCUT2D eigenvalue weighted by Crippen LogP contribution is 2.40. The van der Waals surface area contributed by atoms with E-state index in [-0.39, 0.29) is 25.1 Å². The molecule has 0 bridgehead atoms. The van der Waals surface area contributed by atoms with Gasteiger partial charge < -0.3 is 14.0 Å². The summed E-state index contributed by atoms with van der Waals surface area (Å²) in [6, 6.07) is 11.5. The summed E-state index contributed by atoms with van der Waals surface area (Å²) in [7, 11) is 0. The highest BCUT2D eigenvalue weighted by Gasteiger charge is 2.49. The van der Waals surface area contributed by atoms with Crippen molar-refractivity contribution in [1.29, 1.82) is 0 Å². The number of hydrogen-bond acceptors (Lipinski definition) is 6. The zero-order chi connectivity index (χ0) is 19.5. The molecular weight excluding hydrogens is 360 g/mol. The van der Waals surface area contributed by atoms with Crippen LogP contribution in [0, 0.1) is 0 Å². The van der Waals surface area contributed by atoms with Crippen molar-refractivity contribution in [3.63, 3.8) is 0 Å². The van der Waals surface area contributed by atoms with Crippen LogP contribution in [0.3, 0.4) is 0 Å². The molecule has 3 aromatic rings. The number of hydrogen-bond donors (Lipinski definition) is 0. The van der Waals surface area contributed by atoms with Crippen LogP contribution < -0.4 is 5.56 Å². The number of nitrogens with zero attached hydrogens (tertiary/aromatic N) is 2. The number of para-hydroxylation sites is 1. The van der Waals surface area contributed by atoms with E-state index in [2.05, 4.69) is 0 Å². The Morgan fingerprint density at radius 2 is 2.11 bits per heavy atom. The third-order valence-electron chi connectivity index (χ3n) is 5.63. The van der Waals surface area contributed by atoms with Gasteiger partial charge in [-0.1, -0.05) is 25.1 Å². The molecule has 0 N–H and O–H groups in total. The monoisotopic (exact) mass is 376 g/mol. The van der Waals surface area contributed by atoms with Gasteiger partial charge in [-0.05, 0) is 24.6 Å². The molecule has 0 fully saturated rings. The first kappa shape index (κ1) is 16.7. The number of benzene rings is 1. The molecule has 0 radical (unpaired) electrons. The first-order valence-electron chi connectivity index (χ1n) is 9.04. The first-order valence-corrected chi connectivity index (χ1v) is 9.04. The lowest BCUT2D eigenvalue weighted by Gasteiger charge is -2.34. The summed E-state index contributed by atoms with van der Waals surface area (Å²) >= 11 is 0. The van der Waals surface area contributed by atoms with Crippen molar-refractivity contribution in [3.8, 4) is 11.4 Å². The van der Waals surface area contributed by atoms with Crippen LogP contribution in [0.25, 0.3) is 22.3 Å². The molecule has 0 unspecified atom stereocenters. The van der Waals surface area contributed by atoms with E-state index in [1.807, 2.05) is 30.3 Å². The maximum absolute atomic E-state index is 13.2. The Balaban J connectivity index is 1.80. The Hall–Kier alpha value is -3.48.